The lowest BCUT2D eigenvalue weighted by Crippen LogP contribution is -2.37. The van der Waals surface area contributed by atoms with E-state index < -0.39 is 0 Å². The molecule has 0 aromatic carbocycles. The zero-order valence-corrected chi connectivity index (χ0v) is 11.9. The van der Waals surface area contributed by atoms with E-state index in [1.54, 1.807) is 0 Å². The summed E-state index contributed by atoms with van der Waals surface area (Å²) in [6.45, 7) is 11.0. The first-order valence-corrected chi connectivity index (χ1v) is 7.42. The van der Waals surface area contributed by atoms with Crippen LogP contribution in [0.2, 0.25) is 0 Å². The summed E-state index contributed by atoms with van der Waals surface area (Å²) in [5.41, 5.74) is 1.19. The minimum atomic E-state index is 0.855. The maximum atomic E-state index is 4.65. The van der Waals surface area contributed by atoms with E-state index >= 15 is 0 Å². The Morgan fingerprint density at radius 2 is 2.06 bits per heavy atom. The molecule has 1 aliphatic rings. The topological polar surface area (TPSA) is 28.2 Å². The van der Waals surface area contributed by atoms with Crippen LogP contribution < -0.4 is 10.2 Å². The van der Waals surface area contributed by atoms with Crippen LogP contribution in [0.4, 0.5) is 5.13 Å². The Hall–Kier alpha value is -0.610. The fraction of sp³-hybridized carbons (Fsp3) is 0.769. The quantitative estimate of drug-likeness (QED) is 0.894. The SMILES string of the molecule is CCNCC1CCN(c2nc(C)c(C)s2)CC1. The second kappa shape index (κ2) is 5.83. The summed E-state index contributed by atoms with van der Waals surface area (Å²) >= 11 is 1.84. The van der Waals surface area contributed by atoms with Crippen molar-refractivity contribution in [2.75, 3.05) is 31.1 Å². The first-order chi connectivity index (χ1) is 8.20. The highest BCUT2D eigenvalue weighted by Gasteiger charge is 2.21. The van der Waals surface area contributed by atoms with Crippen molar-refractivity contribution in [1.82, 2.24) is 10.3 Å². The highest BCUT2D eigenvalue weighted by molar-refractivity contribution is 7.15. The van der Waals surface area contributed by atoms with Crippen molar-refractivity contribution in [2.24, 2.45) is 5.92 Å². The Morgan fingerprint density at radius 1 is 1.35 bits per heavy atom. The molecule has 2 heterocycles. The zero-order chi connectivity index (χ0) is 12.3. The first-order valence-electron chi connectivity index (χ1n) is 6.60. The average molecular weight is 253 g/mol. The van der Waals surface area contributed by atoms with E-state index in [0.717, 1.165) is 12.5 Å². The summed E-state index contributed by atoms with van der Waals surface area (Å²) in [6, 6.07) is 0. The van der Waals surface area contributed by atoms with Crippen LogP contribution in [0.3, 0.4) is 0 Å². The molecule has 96 valence electrons. The molecular formula is C13H23N3S. The third-order valence-corrected chi connectivity index (χ3v) is 4.72. The predicted octanol–water partition coefficient (Wildman–Crippen LogP) is 2.59. The summed E-state index contributed by atoms with van der Waals surface area (Å²) in [7, 11) is 0. The molecule has 0 bridgehead atoms. The van der Waals surface area contributed by atoms with Crippen molar-refractivity contribution in [2.45, 2.75) is 33.6 Å². The lowest BCUT2D eigenvalue weighted by Gasteiger charge is -2.31. The van der Waals surface area contributed by atoms with E-state index in [4.69, 9.17) is 0 Å². The molecule has 0 aliphatic carbocycles. The Labute approximate surface area is 108 Å². The van der Waals surface area contributed by atoms with Crippen molar-refractivity contribution < 1.29 is 0 Å². The molecule has 1 aliphatic heterocycles. The van der Waals surface area contributed by atoms with Crippen molar-refractivity contribution in [3.8, 4) is 0 Å². The van der Waals surface area contributed by atoms with Gasteiger partial charge in [0.25, 0.3) is 0 Å². The smallest absolute Gasteiger partial charge is 0.185 e. The number of thiazole rings is 1. The fourth-order valence-corrected chi connectivity index (χ4v) is 3.23. The second-order valence-electron chi connectivity index (χ2n) is 4.88. The van der Waals surface area contributed by atoms with Gasteiger partial charge in [-0.1, -0.05) is 6.92 Å². The third kappa shape index (κ3) is 3.19. The molecule has 0 amide bonds. The van der Waals surface area contributed by atoms with E-state index in [9.17, 15) is 0 Å². The number of aryl methyl sites for hydroxylation is 2. The predicted molar refractivity (Wildman–Crippen MR) is 75.1 cm³/mol. The molecule has 0 spiro atoms. The highest BCUT2D eigenvalue weighted by Crippen LogP contribution is 2.28. The van der Waals surface area contributed by atoms with Gasteiger partial charge in [-0.3, -0.25) is 0 Å². The summed E-state index contributed by atoms with van der Waals surface area (Å²) in [5.74, 6) is 0.855. The number of anilines is 1. The Bertz CT molecular complexity index is 334. The van der Waals surface area contributed by atoms with Crippen molar-refractivity contribution in [1.29, 1.82) is 0 Å². The van der Waals surface area contributed by atoms with Gasteiger partial charge in [-0.05, 0) is 45.7 Å². The molecule has 2 rings (SSSR count). The van der Waals surface area contributed by atoms with Gasteiger partial charge < -0.3 is 10.2 Å². The summed E-state index contributed by atoms with van der Waals surface area (Å²) in [5, 5.41) is 4.68. The maximum Gasteiger partial charge on any atom is 0.185 e. The summed E-state index contributed by atoms with van der Waals surface area (Å²) < 4.78 is 0. The van der Waals surface area contributed by atoms with Crippen LogP contribution in [0.1, 0.15) is 30.3 Å². The number of rotatable bonds is 4. The number of piperidine rings is 1. The average Bonchev–Trinajstić information content (AvgIpc) is 2.68. The number of hydrogen-bond acceptors (Lipinski definition) is 4. The van der Waals surface area contributed by atoms with Crippen molar-refractivity contribution in [3.63, 3.8) is 0 Å². The molecule has 0 unspecified atom stereocenters. The molecule has 1 fully saturated rings. The highest BCUT2D eigenvalue weighted by atomic mass is 32.1. The number of nitrogens with zero attached hydrogens (tertiary/aromatic N) is 2. The molecule has 0 radical (unpaired) electrons. The van der Waals surface area contributed by atoms with Gasteiger partial charge >= 0.3 is 0 Å². The Morgan fingerprint density at radius 3 is 2.59 bits per heavy atom. The van der Waals surface area contributed by atoms with E-state index in [2.05, 4.69) is 36.0 Å². The molecule has 1 saturated heterocycles. The lowest BCUT2D eigenvalue weighted by atomic mass is 9.97. The standard InChI is InChI=1S/C13H23N3S/c1-4-14-9-12-5-7-16(8-6-12)13-15-10(2)11(3)17-13/h12,14H,4-9H2,1-3H3. The fourth-order valence-electron chi connectivity index (χ4n) is 2.27. The third-order valence-electron chi connectivity index (χ3n) is 3.59. The summed E-state index contributed by atoms with van der Waals surface area (Å²) in [4.78, 5) is 8.46. The van der Waals surface area contributed by atoms with Crippen LogP contribution in [-0.2, 0) is 0 Å². The van der Waals surface area contributed by atoms with Crippen molar-refractivity contribution in [3.05, 3.63) is 10.6 Å². The molecule has 1 N–H and O–H groups in total. The lowest BCUT2D eigenvalue weighted by molar-refractivity contribution is 0.386. The van der Waals surface area contributed by atoms with Crippen LogP contribution in [-0.4, -0.2) is 31.2 Å². The van der Waals surface area contributed by atoms with Crippen LogP contribution in [0.25, 0.3) is 0 Å². The minimum absolute atomic E-state index is 0.855. The van der Waals surface area contributed by atoms with Crippen LogP contribution in [0, 0.1) is 19.8 Å². The van der Waals surface area contributed by atoms with Gasteiger partial charge in [-0.2, -0.15) is 0 Å². The molecule has 1 aromatic heterocycles. The Kier molecular flexibility index (Phi) is 4.40. The molecule has 0 saturated carbocycles. The van der Waals surface area contributed by atoms with Gasteiger partial charge in [0, 0.05) is 18.0 Å². The molecule has 17 heavy (non-hydrogen) atoms. The maximum absolute atomic E-state index is 4.65. The second-order valence-corrected chi connectivity index (χ2v) is 6.06. The Balaban J connectivity index is 1.86. The van der Waals surface area contributed by atoms with Gasteiger partial charge in [0.2, 0.25) is 0 Å². The van der Waals surface area contributed by atoms with E-state index in [1.807, 2.05) is 11.3 Å². The largest absolute Gasteiger partial charge is 0.348 e. The minimum Gasteiger partial charge on any atom is -0.348 e. The number of nitrogens with one attached hydrogen (secondary N) is 1. The van der Waals surface area contributed by atoms with Gasteiger partial charge in [-0.25, -0.2) is 4.98 Å². The van der Waals surface area contributed by atoms with E-state index in [-0.39, 0.29) is 0 Å². The zero-order valence-electron chi connectivity index (χ0n) is 11.1. The van der Waals surface area contributed by atoms with Gasteiger partial charge in [0.15, 0.2) is 5.13 Å². The van der Waals surface area contributed by atoms with E-state index in [0.29, 0.717) is 0 Å². The molecular weight excluding hydrogens is 230 g/mol. The molecule has 1 aromatic rings. The number of aromatic nitrogens is 1. The van der Waals surface area contributed by atoms with Crippen LogP contribution >= 0.6 is 11.3 Å². The molecule has 0 atom stereocenters. The summed E-state index contributed by atoms with van der Waals surface area (Å²) in [6.07, 6.45) is 2.59. The van der Waals surface area contributed by atoms with Crippen LogP contribution in [0.5, 0.6) is 0 Å². The van der Waals surface area contributed by atoms with E-state index in [1.165, 1.54) is 48.2 Å². The van der Waals surface area contributed by atoms with Crippen molar-refractivity contribution >= 4 is 16.5 Å². The van der Waals surface area contributed by atoms with Gasteiger partial charge in [0.1, 0.15) is 0 Å². The van der Waals surface area contributed by atoms with Gasteiger partial charge in [-0.15, -0.1) is 11.3 Å². The van der Waals surface area contributed by atoms with Gasteiger partial charge in [0.05, 0.1) is 5.69 Å². The molecule has 3 nitrogen and oxygen atoms in total. The normalized spacial score (nSPS) is 17.7. The van der Waals surface area contributed by atoms with Crippen LogP contribution in [0.15, 0.2) is 0 Å². The monoisotopic (exact) mass is 253 g/mol. The molecule has 4 heteroatoms. The first kappa shape index (κ1) is 12.8. The number of hydrogen-bond donors (Lipinski definition) is 1.